The summed E-state index contributed by atoms with van der Waals surface area (Å²) in [5.74, 6) is -1.44. The maximum absolute atomic E-state index is 13.1. The van der Waals surface area contributed by atoms with Crippen LogP contribution in [-0.4, -0.2) is 62.8 Å². The first-order valence-corrected chi connectivity index (χ1v) is 11.6. The second-order valence-electron chi connectivity index (χ2n) is 8.81. The lowest BCUT2D eigenvalue weighted by Crippen LogP contribution is -2.55. The molecule has 33 heavy (non-hydrogen) atoms. The summed E-state index contributed by atoms with van der Waals surface area (Å²) in [4.78, 5) is 44.4. The molecule has 1 aromatic rings. The van der Waals surface area contributed by atoms with Crippen LogP contribution in [0.1, 0.15) is 53.5 Å². The van der Waals surface area contributed by atoms with Gasteiger partial charge in [0.15, 0.2) is 0 Å². The zero-order valence-corrected chi connectivity index (χ0v) is 21.2. The van der Waals surface area contributed by atoms with E-state index in [1.165, 1.54) is 0 Å². The first kappa shape index (κ1) is 28.1. The van der Waals surface area contributed by atoms with Gasteiger partial charge in [0.05, 0.1) is 6.61 Å². The minimum atomic E-state index is -0.801. The van der Waals surface area contributed by atoms with Crippen LogP contribution >= 0.6 is 0 Å². The third-order valence-corrected chi connectivity index (χ3v) is 5.49. The second kappa shape index (κ2) is 13.6. The van der Waals surface area contributed by atoms with E-state index in [0.29, 0.717) is 6.42 Å². The molecule has 0 radical (unpaired) electrons. The van der Waals surface area contributed by atoms with Crippen molar-refractivity contribution in [2.45, 2.75) is 66.1 Å². The summed E-state index contributed by atoms with van der Waals surface area (Å²) < 4.78 is 4.95. The quantitative estimate of drug-likeness (QED) is 0.369. The van der Waals surface area contributed by atoms with E-state index in [2.05, 4.69) is 15.6 Å². The van der Waals surface area contributed by atoms with Gasteiger partial charge in [0, 0.05) is 26.0 Å². The molecule has 0 heterocycles. The third kappa shape index (κ3) is 8.86. The van der Waals surface area contributed by atoms with Crippen LogP contribution in [0.2, 0.25) is 0 Å². The van der Waals surface area contributed by atoms with Gasteiger partial charge in [-0.05, 0) is 43.4 Å². The van der Waals surface area contributed by atoms with Crippen LogP contribution in [0.25, 0.3) is 0 Å². The number of benzene rings is 1. The van der Waals surface area contributed by atoms with Crippen molar-refractivity contribution in [3.8, 4) is 0 Å². The van der Waals surface area contributed by atoms with E-state index < -0.39 is 30.0 Å². The van der Waals surface area contributed by atoms with Crippen LogP contribution in [-0.2, 0) is 19.1 Å². The molecule has 1 rings (SSSR count). The number of aliphatic imine (C=N–C) groups is 1. The molecule has 0 aliphatic rings. The summed E-state index contributed by atoms with van der Waals surface area (Å²) in [6.45, 7) is 11.2. The highest BCUT2D eigenvalue weighted by Crippen LogP contribution is 2.14. The molecule has 0 saturated carbocycles. The van der Waals surface area contributed by atoms with E-state index in [0.717, 1.165) is 11.3 Å². The van der Waals surface area contributed by atoms with E-state index >= 15 is 0 Å². The Labute approximate surface area is 198 Å². The molecule has 0 saturated heterocycles. The van der Waals surface area contributed by atoms with Crippen LogP contribution in [0.3, 0.4) is 0 Å². The number of amides is 2. The average Bonchev–Trinajstić information content (AvgIpc) is 2.77. The molecule has 0 aliphatic heterocycles. The van der Waals surface area contributed by atoms with Crippen molar-refractivity contribution in [3.63, 3.8) is 0 Å². The number of hydrogen-bond acceptors (Lipinski definition) is 6. The first-order valence-electron chi connectivity index (χ1n) is 11.6. The minimum absolute atomic E-state index is 0.0682. The molecule has 2 amide bonds. The summed E-state index contributed by atoms with van der Waals surface area (Å²) in [5.41, 5.74) is 1.96. The number of rotatable bonds is 12. The van der Waals surface area contributed by atoms with E-state index in [1.807, 2.05) is 71.0 Å². The lowest BCUT2D eigenvalue weighted by molar-refractivity contribution is -0.147. The van der Waals surface area contributed by atoms with E-state index in [-0.39, 0.29) is 24.3 Å². The van der Waals surface area contributed by atoms with Crippen LogP contribution in [0.5, 0.6) is 0 Å². The lowest BCUT2D eigenvalue weighted by atomic mass is 9.96. The zero-order chi connectivity index (χ0) is 25.1. The van der Waals surface area contributed by atoms with Crippen molar-refractivity contribution in [2.24, 2.45) is 16.8 Å². The number of nitrogens with zero attached hydrogens (tertiary/aromatic N) is 2. The highest BCUT2D eigenvalue weighted by Gasteiger charge is 2.31. The Morgan fingerprint density at radius 1 is 1.00 bits per heavy atom. The summed E-state index contributed by atoms with van der Waals surface area (Å²) >= 11 is 0. The van der Waals surface area contributed by atoms with Crippen LogP contribution in [0, 0.1) is 11.8 Å². The number of nitrogens with one attached hydrogen (secondary N) is 2. The number of hydrogen-bond donors (Lipinski definition) is 2. The highest BCUT2D eigenvalue weighted by atomic mass is 16.5. The van der Waals surface area contributed by atoms with Crippen LogP contribution in [0.4, 0.5) is 5.69 Å². The van der Waals surface area contributed by atoms with Crippen molar-refractivity contribution in [1.29, 1.82) is 0 Å². The van der Waals surface area contributed by atoms with E-state index in [9.17, 15) is 14.4 Å². The molecule has 0 fully saturated rings. The van der Waals surface area contributed by atoms with Gasteiger partial charge in [-0.1, -0.05) is 46.2 Å². The highest BCUT2D eigenvalue weighted by molar-refractivity contribution is 5.93. The van der Waals surface area contributed by atoms with Gasteiger partial charge >= 0.3 is 5.97 Å². The van der Waals surface area contributed by atoms with Crippen LogP contribution in [0.15, 0.2) is 29.3 Å². The molecule has 0 aromatic heterocycles. The van der Waals surface area contributed by atoms with Crippen LogP contribution < -0.4 is 15.5 Å². The maximum Gasteiger partial charge on any atom is 0.328 e. The number of anilines is 1. The Hall–Kier alpha value is -2.90. The Morgan fingerprint density at radius 3 is 2.09 bits per heavy atom. The van der Waals surface area contributed by atoms with Gasteiger partial charge in [0.1, 0.15) is 18.1 Å². The second-order valence-corrected chi connectivity index (χ2v) is 8.81. The molecule has 0 spiro atoms. The number of carbonyl (C=O) groups excluding carboxylic acids is 3. The van der Waals surface area contributed by atoms with Gasteiger partial charge in [-0.2, -0.15) is 0 Å². The normalized spacial score (nSPS) is 14.9. The molecule has 2 N–H and O–H groups in total. The fourth-order valence-corrected chi connectivity index (χ4v) is 3.14. The Balaban J connectivity index is 2.96. The van der Waals surface area contributed by atoms with E-state index in [1.54, 1.807) is 20.1 Å². The zero-order valence-electron chi connectivity index (χ0n) is 21.2. The Kier molecular flexibility index (Phi) is 11.6. The largest absolute Gasteiger partial charge is 0.464 e. The number of ether oxygens (including phenoxy) is 1. The number of esters is 1. The van der Waals surface area contributed by atoms with Gasteiger partial charge in [0.2, 0.25) is 11.8 Å². The third-order valence-electron chi connectivity index (χ3n) is 5.49. The molecule has 1 unspecified atom stereocenters. The Bertz CT molecular complexity index is 805. The molecule has 184 valence electrons. The van der Waals surface area contributed by atoms with Gasteiger partial charge in [-0.3, -0.25) is 14.6 Å². The molecular formula is C25H40N4O4. The fraction of sp³-hybridized carbons (Fsp3) is 0.600. The summed E-state index contributed by atoms with van der Waals surface area (Å²) in [7, 11) is 3.94. The molecule has 1 aromatic carbocycles. The van der Waals surface area contributed by atoms with Gasteiger partial charge in [-0.25, -0.2) is 4.79 Å². The molecule has 4 atom stereocenters. The van der Waals surface area contributed by atoms with Crippen molar-refractivity contribution in [1.82, 2.24) is 10.6 Å². The summed E-state index contributed by atoms with van der Waals surface area (Å²) in [6.07, 6.45) is 2.37. The monoisotopic (exact) mass is 460 g/mol. The molecular weight excluding hydrogens is 420 g/mol. The fourth-order valence-electron chi connectivity index (χ4n) is 3.14. The topological polar surface area (TPSA) is 100 Å². The summed E-state index contributed by atoms with van der Waals surface area (Å²) in [5, 5.41) is 5.52. The minimum Gasteiger partial charge on any atom is -0.464 e. The van der Waals surface area contributed by atoms with Crippen molar-refractivity contribution < 1.29 is 19.1 Å². The van der Waals surface area contributed by atoms with Crippen molar-refractivity contribution in [3.05, 3.63) is 29.8 Å². The predicted octanol–water partition coefficient (Wildman–Crippen LogP) is 2.79. The predicted molar refractivity (Wildman–Crippen MR) is 133 cm³/mol. The van der Waals surface area contributed by atoms with Crippen molar-refractivity contribution >= 4 is 29.7 Å². The van der Waals surface area contributed by atoms with Gasteiger partial charge in [-0.15, -0.1) is 0 Å². The van der Waals surface area contributed by atoms with Gasteiger partial charge in [0.25, 0.3) is 0 Å². The molecule has 8 heteroatoms. The van der Waals surface area contributed by atoms with Crippen molar-refractivity contribution in [2.75, 3.05) is 25.6 Å². The standard InChI is InChI=1S/C25H40N4O4/c1-9-17(5)22(24(31)27-18(6)25(32)33-10-2)28-23(30)21(16(3)4)26-15-19-11-13-20(14-12-19)29(7)8/h11-18,21-22H,9-10H2,1-8H3,(H,27,31)(H,28,30)/t17?,18-,21-,22-/m0/s1. The molecule has 0 aliphatic carbocycles. The lowest BCUT2D eigenvalue weighted by Gasteiger charge is -2.27. The molecule has 8 nitrogen and oxygen atoms in total. The van der Waals surface area contributed by atoms with E-state index in [4.69, 9.17) is 4.74 Å². The summed E-state index contributed by atoms with van der Waals surface area (Å²) in [6, 6.07) is 5.63. The average molecular weight is 461 g/mol. The molecule has 0 bridgehead atoms. The SMILES string of the molecule is CCOC(=O)[C@H](C)NC(=O)[C@@H](NC(=O)[C@@H](N=Cc1ccc(N(C)C)cc1)C(C)C)C(C)CC. The van der Waals surface area contributed by atoms with Gasteiger partial charge < -0.3 is 20.3 Å². The Morgan fingerprint density at radius 2 is 1.61 bits per heavy atom. The number of carbonyl (C=O) groups is 3. The first-order chi connectivity index (χ1) is 15.5. The smallest absolute Gasteiger partial charge is 0.328 e. The maximum atomic E-state index is 13.1.